The Labute approximate surface area is 128 Å². The van der Waals surface area contributed by atoms with Gasteiger partial charge in [-0.3, -0.25) is 0 Å². The second-order valence-electron chi connectivity index (χ2n) is 6.27. The molecule has 0 saturated heterocycles. The number of ether oxygens (including phenoxy) is 1. The molecule has 0 spiro atoms. The van der Waals surface area contributed by atoms with Crippen LogP contribution in [0.15, 0.2) is 46.6 Å². The summed E-state index contributed by atoms with van der Waals surface area (Å²) in [6.07, 6.45) is 14.6. The van der Waals surface area contributed by atoms with E-state index < -0.39 is 0 Å². The predicted molar refractivity (Wildman–Crippen MR) is 86.9 cm³/mol. The molecule has 114 valence electrons. The fourth-order valence-electron chi connectivity index (χ4n) is 2.80. The summed E-state index contributed by atoms with van der Waals surface area (Å²) in [5.41, 5.74) is 5.29. The van der Waals surface area contributed by atoms with Crippen molar-refractivity contribution in [3.05, 3.63) is 46.6 Å². The summed E-state index contributed by atoms with van der Waals surface area (Å²) >= 11 is 0. The van der Waals surface area contributed by atoms with Crippen molar-refractivity contribution >= 4 is 5.97 Å². The molecule has 0 amide bonds. The minimum Gasteiger partial charge on any atom is -0.450 e. The number of carbonyl (C=O) groups excluding carboxylic acids is 1. The van der Waals surface area contributed by atoms with Gasteiger partial charge in [0.05, 0.1) is 0 Å². The Morgan fingerprint density at radius 2 is 1.52 bits per heavy atom. The monoisotopic (exact) mass is 286 g/mol. The van der Waals surface area contributed by atoms with Gasteiger partial charge in [0.1, 0.15) is 6.10 Å². The molecule has 0 aromatic rings. The molecule has 1 aliphatic carbocycles. The molecule has 1 aliphatic heterocycles. The summed E-state index contributed by atoms with van der Waals surface area (Å²) in [4.78, 5) is 11.5. The van der Waals surface area contributed by atoms with Crippen molar-refractivity contribution in [2.45, 2.75) is 65.4 Å². The van der Waals surface area contributed by atoms with Crippen LogP contribution in [0.2, 0.25) is 0 Å². The lowest BCUT2D eigenvalue weighted by molar-refractivity contribution is -0.137. The van der Waals surface area contributed by atoms with Crippen LogP contribution in [0.4, 0.5) is 0 Å². The molecule has 0 N–H and O–H groups in total. The Bertz CT molecular complexity index is 518. The first-order valence-corrected chi connectivity index (χ1v) is 7.94. The molecule has 1 unspecified atom stereocenters. The van der Waals surface area contributed by atoms with Crippen molar-refractivity contribution in [3.8, 4) is 0 Å². The van der Waals surface area contributed by atoms with Crippen LogP contribution in [0.5, 0.6) is 0 Å². The first-order valence-electron chi connectivity index (χ1n) is 7.94. The second-order valence-corrected chi connectivity index (χ2v) is 6.27. The van der Waals surface area contributed by atoms with Crippen molar-refractivity contribution in [1.82, 2.24) is 0 Å². The van der Waals surface area contributed by atoms with Crippen LogP contribution >= 0.6 is 0 Å². The van der Waals surface area contributed by atoms with Crippen molar-refractivity contribution < 1.29 is 9.53 Å². The Balaban J connectivity index is 2.16. The van der Waals surface area contributed by atoms with E-state index in [9.17, 15) is 4.79 Å². The van der Waals surface area contributed by atoms with E-state index in [1.54, 1.807) is 6.08 Å². The van der Waals surface area contributed by atoms with Crippen molar-refractivity contribution in [3.63, 3.8) is 0 Å². The van der Waals surface area contributed by atoms with E-state index in [-0.39, 0.29) is 12.1 Å². The maximum atomic E-state index is 11.5. The molecule has 21 heavy (non-hydrogen) atoms. The molecule has 2 aliphatic rings. The molecule has 0 fully saturated rings. The number of rotatable bonds is 0. The van der Waals surface area contributed by atoms with Crippen LogP contribution in [0.25, 0.3) is 0 Å². The number of hydrogen-bond donors (Lipinski definition) is 0. The van der Waals surface area contributed by atoms with Gasteiger partial charge in [-0.1, -0.05) is 28.9 Å². The Morgan fingerprint density at radius 1 is 0.905 bits per heavy atom. The van der Waals surface area contributed by atoms with Crippen LogP contribution in [0.1, 0.15) is 59.3 Å². The maximum Gasteiger partial charge on any atom is 0.331 e. The number of allylic oxidation sites excluding steroid dienone is 5. The van der Waals surface area contributed by atoms with E-state index in [0.29, 0.717) is 0 Å². The zero-order chi connectivity index (χ0) is 15.2. The van der Waals surface area contributed by atoms with E-state index in [4.69, 9.17) is 4.74 Å². The summed E-state index contributed by atoms with van der Waals surface area (Å²) < 4.78 is 5.41. The molecular formula is C19H26O2. The quantitative estimate of drug-likeness (QED) is 0.461. The number of fused-ring (bicyclic) bond motifs is 1. The molecule has 0 aromatic heterocycles. The van der Waals surface area contributed by atoms with Gasteiger partial charge in [0.2, 0.25) is 0 Å². The summed E-state index contributed by atoms with van der Waals surface area (Å²) in [6.45, 7) is 6.52. The van der Waals surface area contributed by atoms with Gasteiger partial charge in [-0.05, 0) is 70.9 Å². The Kier molecular flexibility index (Phi) is 5.60. The third-order valence-electron chi connectivity index (χ3n) is 4.22. The molecule has 0 aromatic carbocycles. The summed E-state index contributed by atoms with van der Waals surface area (Å²) in [5.74, 6) is -0.194. The molecule has 1 atom stereocenters. The van der Waals surface area contributed by atoms with E-state index in [2.05, 4.69) is 39.0 Å². The van der Waals surface area contributed by atoms with Crippen LogP contribution in [-0.2, 0) is 9.53 Å². The van der Waals surface area contributed by atoms with Gasteiger partial charge >= 0.3 is 5.97 Å². The SMILES string of the molecule is C/C1=C/CC/C(C)=C/CC/C(C)=C/C2OC(=O)C=C2CC1. The van der Waals surface area contributed by atoms with Crippen molar-refractivity contribution in [1.29, 1.82) is 0 Å². The summed E-state index contributed by atoms with van der Waals surface area (Å²) in [7, 11) is 0. The molecule has 0 bridgehead atoms. The minimum atomic E-state index is -0.194. The first kappa shape index (κ1) is 15.8. The fourth-order valence-corrected chi connectivity index (χ4v) is 2.80. The van der Waals surface area contributed by atoms with Gasteiger partial charge in [0, 0.05) is 6.08 Å². The highest BCUT2D eigenvalue weighted by Gasteiger charge is 2.23. The van der Waals surface area contributed by atoms with E-state index in [1.165, 1.54) is 16.7 Å². The minimum absolute atomic E-state index is 0.140. The third kappa shape index (κ3) is 5.04. The summed E-state index contributed by atoms with van der Waals surface area (Å²) in [5, 5.41) is 0. The smallest absolute Gasteiger partial charge is 0.331 e. The van der Waals surface area contributed by atoms with Gasteiger partial charge in [-0.25, -0.2) is 4.79 Å². The molecule has 1 heterocycles. The number of hydrogen-bond acceptors (Lipinski definition) is 2. The maximum absolute atomic E-state index is 11.5. The lowest BCUT2D eigenvalue weighted by atomic mass is 9.97. The van der Waals surface area contributed by atoms with Crippen LogP contribution < -0.4 is 0 Å². The molecule has 2 nitrogen and oxygen atoms in total. The Hall–Kier alpha value is -1.57. The zero-order valence-corrected chi connectivity index (χ0v) is 13.4. The molecule has 0 radical (unpaired) electrons. The second kappa shape index (κ2) is 7.44. The molecule has 2 heteroatoms. The molecule has 2 rings (SSSR count). The number of esters is 1. The lowest BCUT2D eigenvalue weighted by Crippen LogP contribution is -2.09. The predicted octanol–water partition coefficient (Wildman–Crippen LogP) is 5.03. The van der Waals surface area contributed by atoms with Crippen molar-refractivity contribution in [2.24, 2.45) is 0 Å². The molecule has 0 saturated carbocycles. The third-order valence-corrected chi connectivity index (χ3v) is 4.22. The first-order chi connectivity index (χ1) is 10.0. The van der Waals surface area contributed by atoms with E-state index >= 15 is 0 Å². The molecular weight excluding hydrogens is 260 g/mol. The highest BCUT2D eigenvalue weighted by Crippen LogP contribution is 2.26. The van der Waals surface area contributed by atoms with Gasteiger partial charge in [-0.2, -0.15) is 0 Å². The fraction of sp³-hybridized carbons (Fsp3) is 0.526. The normalized spacial score (nSPS) is 32.3. The van der Waals surface area contributed by atoms with Crippen molar-refractivity contribution in [2.75, 3.05) is 0 Å². The largest absolute Gasteiger partial charge is 0.450 e. The standard InChI is InChI=1S/C19H26O2/c1-14-6-4-8-15(2)10-11-17-13-19(20)21-18(17)12-16(3)9-5-7-14/h7-8,12-13,18H,4-6,9-11H2,1-3H3/b14-7+,15-8-,16-12+. The average molecular weight is 286 g/mol. The highest BCUT2D eigenvalue weighted by molar-refractivity contribution is 5.86. The summed E-state index contributed by atoms with van der Waals surface area (Å²) in [6, 6.07) is 0. The van der Waals surface area contributed by atoms with Crippen LogP contribution in [-0.4, -0.2) is 12.1 Å². The van der Waals surface area contributed by atoms with E-state index in [1.807, 2.05) is 0 Å². The number of carbonyl (C=O) groups is 1. The van der Waals surface area contributed by atoms with Gasteiger partial charge in [0.15, 0.2) is 0 Å². The zero-order valence-electron chi connectivity index (χ0n) is 13.4. The van der Waals surface area contributed by atoms with E-state index in [0.717, 1.165) is 44.1 Å². The topological polar surface area (TPSA) is 26.3 Å². The van der Waals surface area contributed by atoms with Crippen LogP contribution in [0, 0.1) is 0 Å². The Morgan fingerprint density at radius 3 is 2.24 bits per heavy atom. The van der Waals surface area contributed by atoms with Gasteiger partial charge < -0.3 is 4.74 Å². The highest BCUT2D eigenvalue weighted by atomic mass is 16.5. The average Bonchev–Trinajstić information content (AvgIpc) is 2.75. The van der Waals surface area contributed by atoms with Gasteiger partial charge in [-0.15, -0.1) is 0 Å². The lowest BCUT2D eigenvalue weighted by Gasteiger charge is -2.13. The van der Waals surface area contributed by atoms with Gasteiger partial charge in [0.25, 0.3) is 0 Å². The van der Waals surface area contributed by atoms with Crippen LogP contribution in [0.3, 0.4) is 0 Å².